The van der Waals surface area contributed by atoms with Crippen molar-refractivity contribution in [2.45, 2.75) is 39.7 Å². The van der Waals surface area contributed by atoms with E-state index in [0.29, 0.717) is 5.92 Å². The summed E-state index contributed by atoms with van der Waals surface area (Å²) in [4.78, 5) is 0. The van der Waals surface area contributed by atoms with Crippen molar-refractivity contribution in [2.24, 2.45) is 5.92 Å². The van der Waals surface area contributed by atoms with Gasteiger partial charge in [0.2, 0.25) is 0 Å². The SMILES string of the molecule is CCOCCCNC(CO)CC(C)C. The van der Waals surface area contributed by atoms with Gasteiger partial charge in [-0.3, -0.25) is 0 Å². The van der Waals surface area contributed by atoms with Crippen molar-refractivity contribution in [3.8, 4) is 0 Å². The molecule has 0 saturated carbocycles. The maximum atomic E-state index is 9.08. The number of nitrogens with one attached hydrogen (secondary N) is 1. The third-order valence-corrected chi connectivity index (χ3v) is 2.08. The van der Waals surface area contributed by atoms with Gasteiger partial charge >= 0.3 is 0 Å². The summed E-state index contributed by atoms with van der Waals surface area (Å²) >= 11 is 0. The summed E-state index contributed by atoms with van der Waals surface area (Å²) in [7, 11) is 0. The molecule has 0 bridgehead atoms. The minimum atomic E-state index is 0.229. The van der Waals surface area contributed by atoms with Gasteiger partial charge in [-0.25, -0.2) is 0 Å². The summed E-state index contributed by atoms with van der Waals surface area (Å²) in [6.45, 7) is 9.10. The van der Waals surface area contributed by atoms with E-state index in [9.17, 15) is 0 Å². The molecule has 0 aromatic rings. The lowest BCUT2D eigenvalue weighted by molar-refractivity contribution is 0.141. The van der Waals surface area contributed by atoms with E-state index in [2.05, 4.69) is 19.2 Å². The second-order valence-corrected chi connectivity index (χ2v) is 4.01. The lowest BCUT2D eigenvalue weighted by Crippen LogP contribution is -2.34. The quantitative estimate of drug-likeness (QED) is 0.557. The zero-order chi connectivity index (χ0) is 10.8. The van der Waals surface area contributed by atoms with Gasteiger partial charge in [-0.2, -0.15) is 0 Å². The van der Waals surface area contributed by atoms with Crippen molar-refractivity contribution < 1.29 is 9.84 Å². The Morgan fingerprint density at radius 2 is 2.07 bits per heavy atom. The Bertz CT molecular complexity index is 118. The molecular weight excluding hydrogens is 178 g/mol. The van der Waals surface area contributed by atoms with Gasteiger partial charge in [0.25, 0.3) is 0 Å². The number of ether oxygens (including phenoxy) is 1. The van der Waals surface area contributed by atoms with Crippen LogP contribution in [0.3, 0.4) is 0 Å². The molecule has 0 aromatic heterocycles. The van der Waals surface area contributed by atoms with Crippen LogP contribution in [0, 0.1) is 5.92 Å². The third kappa shape index (κ3) is 8.48. The molecule has 14 heavy (non-hydrogen) atoms. The molecule has 0 aromatic carbocycles. The average molecular weight is 203 g/mol. The molecule has 0 aliphatic rings. The molecule has 1 atom stereocenters. The minimum Gasteiger partial charge on any atom is -0.395 e. The maximum Gasteiger partial charge on any atom is 0.0584 e. The number of aliphatic hydroxyl groups excluding tert-OH is 1. The summed E-state index contributed by atoms with van der Waals surface area (Å²) in [6.07, 6.45) is 2.05. The topological polar surface area (TPSA) is 41.5 Å². The average Bonchev–Trinajstić information content (AvgIpc) is 2.15. The molecule has 3 heteroatoms. The summed E-state index contributed by atoms with van der Waals surface area (Å²) in [5.41, 5.74) is 0. The molecule has 3 nitrogen and oxygen atoms in total. The fraction of sp³-hybridized carbons (Fsp3) is 1.00. The lowest BCUT2D eigenvalue weighted by atomic mass is 10.0. The first-order valence-electron chi connectivity index (χ1n) is 5.62. The number of hydrogen-bond donors (Lipinski definition) is 2. The molecule has 0 fully saturated rings. The molecule has 0 saturated heterocycles. The zero-order valence-corrected chi connectivity index (χ0v) is 9.75. The van der Waals surface area contributed by atoms with Gasteiger partial charge in [-0.15, -0.1) is 0 Å². The highest BCUT2D eigenvalue weighted by Crippen LogP contribution is 2.03. The summed E-state index contributed by atoms with van der Waals surface area (Å²) in [5, 5.41) is 12.4. The second kappa shape index (κ2) is 9.44. The van der Waals surface area contributed by atoms with Crippen LogP contribution in [0.25, 0.3) is 0 Å². The van der Waals surface area contributed by atoms with Crippen LogP contribution in [0.5, 0.6) is 0 Å². The normalized spacial score (nSPS) is 13.5. The Morgan fingerprint density at radius 3 is 2.57 bits per heavy atom. The molecule has 0 rings (SSSR count). The lowest BCUT2D eigenvalue weighted by Gasteiger charge is -2.18. The summed E-state index contributed by atoms with van der Waals surface area (Å²) in [6, 6.07) is 0.247. The first-order valence-corrected chi connectivity index (χ1v) is 5.62. The fourth-order valence-corrected chi connectivity index (χ4v) is 1.42. The molecular formula is C11H25NO2. The van der Waals surface area contributed by atoms with E-state index < -0.39 is 0 Å². The van der Waals surface area contributed by atoms with Crippen molar-refractivity contribution >= 4 is 0 Å². The van der Waals surface area contributed by atoms with Gasteiger partial charge < -0.3 is 15.2 Å². The smallest absolute Gasteiger partial charge is 0.0584 e. The highest BCUT2D eigenvalue weighted by atomic mass is 16.5. The van der Waals surface area contributed by atoms with Crippen LogP contribution >= 0.6 is 0 Å². The number of hydrogen-bond acceptors (Lipinski definition) is 3. The first-order chi connectivity index (χ1) is 6.70. The minimum absolute atomic E-state index is 0.229. The van der Waals surface area contributed by atoms with Crippen molar-refractivity contribution in [3.63, 3.8) is 0 Å². The second-order valence-electron chi connectivity index (χ2n) is 4.01. The predicted octanol–water partition coefficient (Wildman–Crippen LogP) is 1.41. The molecule has 0 amide bonds. The van der Waals surface area contributed by atoms with Gasteiger partial charge in [0.15, 0.2) is 0 Å². The first kappa shape index (κ1) is 13.9. The Balaban J connectivity index is 3.33. The molecule has 1 unspecified atom stereocenters. The monoisotopic (exact) mass is 203 g/mol. The molecule has 2 N–H and O–H groups in total. The van der Waals surface area contributed by atoms with Gasteiger partial charge in [0.05, 0.1) is 6.61 Å². The molecule has 0 heterocycles. The summed E-state index contributed by atoms with van der Waals surface area (Å²) in [5.74, 6) is 0.631. The Kier molecular flexibility index (Phi) is 9.35. The van der Waals surface area contributed by atoms with E-state index in [1.165, 1.54) is 0 Å². The molecule has 86 valence electrons. The van der Waals surface area contributed by atoms with Crippen LogP contribution in [0.1, 0.15) is 33.6 Å². The van der Waals surface area contributed by atoms with Crippen LogP contribution in [0.15, 0.2) is 0 Å². The molecule has 0 radical (unpaired) electrons. The van der Waals surface area contributed by atoms with E-state index in [1.54, 1.807) is 0 Å². The Labute approximate surface area is 87.8 Å². The van der Waals surface area contributed by atoms with Crippen molar-refractivity contribution in [1.29, 1.82) is 0 Å². The maximum absolute atomic E-state index is 9.08. The third-order valence-electron chi connectivity index (χ3n) is 2.08. The molecule has 0 aliphatic heterocycles. The molecule has 0 spiro atoms. The van der Waals surface area contributed by atoms with Crippen molar-refractivity contribution in [1.82, 2.24) is 5.32 Å². The number of rotatable bonds is 9. The van der Waals surface area contributed by atoms with E-state index in [4.69, 9.17) is 9.84 Å². The Morgan fingerprint density at radius 1 is 1.36 bits per heavy atom. The van der Waals surface area contributed by atoms with Crippen LogP contribution in [-0.2, 0) is 4.74 Å². The van der Waals surface area contributed by atoms with E-state index in [-0.39, 0.29) is 12.6 Å². The van der Waals surface area contributed by atoms with Gasteiger partial charge in [-0.05, 0) is 32.2 Å². The molecule has 0 aliphatic carbocycles. The van der Waals surface area contributed by atoms with Crippen molar-refractivity contribution in [2.75, 3.05) is 26.4 Å². The highest BCUT2D eigenvalue weighted by Gasteiger charge is 2.07. The van der Waals surface area contributed by atoms with Gasteiger partial charge in [0, 0.05) is 19.3 Å². The highest BCUT2D eigenvalue weighted by molar-refractivity contribution is 4.66. The van der Waals surface area contributed by atoms with Crippen LogP contribution in [-0.4, -0.2) is 37.5 Å². The largest absolute Gasteiger partial charge is 0.395 e. The van der Waals surface area contributed by atoms with Gasteiger partial charge in [-0.1, -0.05) is 13.8 Å². The van der Waals surface area contributed by atoms with Gasteiger partial charge in [0.1, 0.15) is 0 Å². The Hall–Kier alpha value is -0.120. The van der Waals surface area contributed by atoms with Crippen LogP contribution in [0.4, 0.5) is 0 Å². The standard InChI is InChI=1S/C11H25NO2/c1-4-14-7-5-6-12-11(9-13)8-10(2)3/h10-13H,4-9H2,1-3H3. The van der Waals surface area contributed by atoms with E-state index in [1.807, 2.05) is 6.92 Å². The zero-order valence-electron chi connectivity index (χ0n) is 9.75. The van der Waals surface area contributed by atoms with E-state index in [0.717, 1.165) is 32.6 Å². The number of aliphatic hydroxyl groups is 1. The van der Waals surface area contributed by atoms with Crippen molar-refractivity contribution in [3.05, 3.63) is 0 Å². The van der Waals surface area contributed by atoms with E-state index >= 15 is 0 Å². The predicted molar refractivity (Wildman–Crippen MR) is 59.4 cm³/mol. The summed E-state index contributed by atoms with van der Waals surface area (Å²) < 4.78 is 5.23. The van der Waals surface area contributed by atoms with Crippen LogP contribution < -0.4 is 5.32 Å². The van der Waals surface area contributed by atoms with Crippen LogP contribution in [0.2, 0.25) is 0 Å². The fourth-order valence-electron chi connectivity index (χ4n) is 1.42.